The van der Waals surface area contributed by atoms with Crippen LogP contribution in [-0.2, 0) is 12.6 Å². The fourth-order valence-electron chi connectivity index (χ4n) is 6.84. The molecule has 0 radical (unpaired) electrons. The van der Waals surface area contributed by atoms with Crippen molar-refractivity contribution in [2.24, 2.45) is 5.41 Å². The Bertz CT molecular complexity index is 1810. The molecule has 0 atom stereocenters. The van der Waals surface area contributed by atoms with Crippen LogP contribution >= 0.6 is 11.6 Å². The van der Waals surface area contributed by atoms with Gasteiger partial charge in [0, 0.05) is 53.6 Å². The molecule has 4 heterocycles. The van der Waals surface area contributed by atoms with Crippen molar-refractivity contribution in [1.29, 1.82) is 0 Å². The van der Waals surface area contributed by atoms with Crippen molar-refractivity contribution >= 4 is 40.2 Å². The van der Waals surface area contributed by atoms with E-state index in [0.717, 1.165) is 86.2 Å². The number of allylic oxidation sites excluding steroid dienone is 1. The molecule has 228 valence electrons. The van der Waals surface area contributed by atoms with Gasteiger partial charge in [-0.25, -0.2) is 9.78 Å². The zero-order chi connectivity index (χ0) is 30.8. The molecule has 44 heavy (non-hydrogen) atoms. The number of nitrogens with zero attached hydrogens (tertiary/aromatic N) is 4. The smallest absolute Gasteiger partial charge is 0.417 e. The Hall–Kier alpha value is -3.92. The lowest BCUT2D eigenvalue weighted by atomic mass is 9.60. The fraction of sp³-hybridized carbons (Fsp3) is 0.394. The number of aromatic carboxylic acids is 1. The van der Waals surface area contributed by atoms with Gasteiger partial charge in [-0.1, -0.05) is 29.3 Å². The van der Waals surface area contributed by atoms with E-state index in [1.807, 2.05) is 6.20 Å². The number of halogens is 4. The van der Waals surface area contributed by atoms with Crippen LogP contribution in [0.2, 0.25) is 5.02 Å². The van der Waals surface area contributed by atoms with E-state index in [4.69, 9.17) is 16.1 Å². The number of carboxylic acid groups (broad SMARTS) is 1. The maximum Gasteiger partial charge on any atom is 0.417 e. The molecule has 7 rings (SSSR count). The summed E-state index contributed by atoms with van der Waals surface area (Å²) in [5.41, 5.74) is 4.30. The number of aromatic nitrogens is 3. The van der Waals surface area contributed by atoms with E-state index < -0.39 is 23.4 Å². The number of benzene rings is 1. The second kappa shape index (κ2) is 10.6. The number of hydrogen-bond acceptors (Lipinski definition) is 6. The van der Waals surface area contributed by atoms with Crippen molar-refractivity contribution in [3.8, 4) is 11.3 Å². The van der Waals surface area contributed by atoms with Gasteiger partial charge in [0.05, 0.1) is 16.1 Å². The van der Waals surface area contributed by atoms with Gasteiger partial charge in [0.1, 0.15) is 17.1 Å². The number of hydrogen-bond donors (Lipinski definition) is 1. The summed E-state index contributed by atoms with van der Waals surface area (Å²) >= 11 is 6.61. The van der Waals surface area contributed by atoms with E-state index in [2.05, 4.69) is 33.0 Å². The summed E-state index contributed by atoms with van der Waals surface area (Å²) in [5, 5.41) is 14.2. The van der Waals surface area contributed by atoms with Gasteiger partial charge in [0.25, 0.3) is 0 Å². The number of piperidine rings is 1. The van der Waals surface area contributed by atoms with Crippen LogP contribution in [0.1, 0.15) is 84.3 Å². The van der Waals surface area contributed by atoms with Gasteiger partial charge in [0.15, 0.2) is 0 Å². The Labute approximate surface area is 256 Å². The molecule has 1 aromatic carbocycles. The minimum atomic E-state index is -4.70. The molecule has 0 bridgehead atoms. The SMILES string of the molecule is CCc1cncc(Cl)c1-c1noc(C2CC2)c1C=C1CC2(CCN(c3ccc4nc(C(=O)O)cc(C(F)(F)F)c4c3)CC2)C1. The summed E-state index contributed by atoms with van der Waals surface area (Å²) in [4.78, 5) is 21.7. The number of aryl methyl sites for hydroxylation is 1. The third-order valence-corrected chi connectivity index (χ3v) is 9.65. The number of carbonyl (C=O) groups is 1. The quantitative estimate of drug-likeness (QED) is 0.230. The number of carboxylic acids is 1. The average Bonchev–Trinajstić information content (AvgIpc) is 3.75. The lowest BCUT2D eigenvalue weighted by Crippen LogP contribution is -2.44. The molecule has 2 saturated carbocycles. The van der Waals surface area contributed by atoms with Crippen LogP contribution in [0.5, 0.6) is 0 Å². The number of alkyl halides is 3. The predicted octanol–water partition coefficient (Wildman–Crippen LogP) is 8.56. The van der Waals surface area contributed by atoms with Crippen LogP contribution in [0.3, 0.4) is 0 Å². The summed E-state index contributed by atoms with van der Waals surface area (Å²) in [6.45, 7) is 3.51. The monoisotopic (exact) mass is 622 g/mol. The highest BCUT2D eigenvalue weighted by molar-refractivity contribution is 6.33. The van der Waals surface area contributed by atoms with Crippen LogP contribution < -0.4 is 4.90 Å². The molecule has 7 nitrogen and oxygen atoms in total. The molecule has 3 aromatic heterocycles. The summed E-state index contributed by atoms with van der Waals surface area (Å²) in [6, 6.07) is 5.31. The van der Waals surface area contributed by atoms with E-state index in [0.29, 0.717) is 22.7 Å². The van der Waals surface area contributed by atoms with Gasteiger partial charge < -0.3 is 14.5 Å². The average molecular weight is 623 g/mol. The molecule has 1 N–H and O–H groups in total. The van der Waals surface area contributed by atoms with Gasteiger partial charge >= 0.3 is 12.1 Å². The van der Waals surface area contributed by atoms with Crippen LogP contribution in [-0.4, -0.2) is 39.3 Å². The highest BCUT2D eigenvalue weighted by atomic mass is 35.5. The first kappa shape index (κ1) is 28.8. The molecule has 11 heteroatoms. The molecule has 1 aliphatic heterocycles. The van der Waals surface area contributed by atoms with Crippen molar-refractivity contribution in [2.45, 2.75) is 64.0 Å². The molecule has 4 aromatic rings. The number of fused-ring (bicyclic) bond motifs is 1. The fourth-order valence-corrected chi connectivity index (χ4v) is 7.11. The number of pyridine rings is 2. The molecule has 1 spiro atoms. The molecular weight excluding hydrogens is 593 g/mol. The van der Waals surface area contributed by atoms with Crippen LogP contribution in [0, 0.1) is 5.41 Å². The topological polar surface area (TPSA) is 92.4 Å². The molecule has 3 aliphatic rings. The highest BCUT2D eigenvalue weighted by Gasteiger charge is 2.44. The van der Waals surface area contributed by atoms with E-state index in [9.17, 15) is 23.1 Å². The van der Waals surface area contributed by atoms with Crippen LogP contribution in [0.4, 0.5) is 18.9 Å². The summed E-state index contributed by atoms with van der Waals surface area (Å²) in [6.07, 6.45) is 7.74. The standard InChI is InChI=1S/C33H30ClF3N4O3/c1-2-19-16-38-17-25(34)28(19)29-23(30(44-40-29)20-3-4-20)11-18-14-32(15-18)7-9-41(10-8-32)21-5-6-26-22(12-21)24(33(35,36)37)13-27(39-26)31(42)43/h5-6,11-13,16-17,20H,2-4,7-10,14-15H2,1H3,(H,42,43). The van der Waals surface area contributed by atoms with Gasteiger partial charge in [-0.3, -0.25) is 4.98 Å². The Morgan fingerprint density at radius 3 is 2.59 bits per heavy atom. The first-order valence-electron chi connectivity index (χ1n) is 14.9. The van der Waals surface area contributed by atoms with E-state index in [-0.39, 0.29) is 16.3 Å². The minimum Gasteiger partial charge on any atom is -0.477 e. The molecule has 0 unspecified atom stereocenters. The highest BCUT2D eigenvalue weighted by Crippen LogP contribution is 2.54. The summed E-state index contributed by atoms with van der Waals surface area (Å²) < 4.78 is 47.5. The Morgan fingerprint density at radius 1 is 1.18 bits per heavy atom. The Balaban J connectivity index is 1.10. The Morgan fingerprint density at radius 2 is 1.93 bits per heavy atom. The molecule has 1 saturated heterocycles. The summed E-state index contributed by atoms with van der Waals surface area (Å²) in [5.74, 6) is -0.179. The molecule has 3 fully saturated rings. The van der Waals surface area contributed by atoms with Crippen molar-refractivity contribution in [3.63, 3.8) is 0 Å². The van der Waals surface area contributed by atoms with Crippen LogP contribution in [0.15, 0.2) is 46.8 Å². The van der Waals surface area contributed by atoms with Crippen molar-refractivity contribution in [1.82, 2.24) is 15.1 Å². The lowest BCUT2D eigenvalue weighted by Gasteiger charge is -2.50. The van der Waals surface area contributed by atoms with Crippen molar-refractivity contribution in [3.05, 3.63) is 75.4 Å². The third kappa shape index (κ3) is 5.12. The van der Waals surface area contributed by atoms with Crippen molar-refractivity contribution in [2.75, 3.05) is 18.0 Å². The van der Waals surface area contributed by atoms with Crippen LogP contribution in [0.25, 0.3) is 28.2 Å². The summed E-state index contributed by atoms with van der Waals surface area (Å²) in [7, 11) is 0. The minimum absolute atomic E-state index is 0.0148. The Kier molecular flexibility index (Phi) is 6.95. The first-order valence-corrected chi connectivity index (χ1v) is 15.2. The zero-order valence-corrected chi connectivity index (χ0v) is 24.8. The first-order chi connectivity index (χ1) is 21.0. The van der Waals surface area contributed by atoms with E-state index in [1.54, 1.807) is 12.3 Å². The maximum absolute atomic E-state index is 13.9. The van der Waals surface area contributed by atoms with Gasteiger partial charge in [0.2, 0.25) is 0 Å². The zero-order valence-electron chi connectivity index (χ0n) is 24.0. The van der Waals surface area contributed by atoms with Gasteiger partial charge in [-0.05, 0) is 86.3 Å². The maximum atomic E-state index is 13.9. The lowest BCUT2D eigenvalue weighted by molar-refractivity contribution is -0.136. The van der Waals surface area contributed by atoms with Crippen molar-refractivity contribution < 1.29 is 27.6 Å². The second-order valence-corrected chi connectivity index (χ2v) is 12.7. The predicted molar refractivity (Wildman–Crippen MR) is 161 cm³/mol. The normalized spacial score (nSPS) is 18.1. The largest absolute Gasteiger partial charge is 0.477 e. The molecule has 2 aliphatic carbocycles. The van der Waals surface area contributed by atoms with E-state index >= 15 is 0 Å². The van der Waals surface area contributed by atoms with Gasteiger partial charge in [-0.2, -0.15) is 13.2 Å². The van der Waals surface area contributed by atoms with E-state index in [1.165, 1.54) is 17.7 Å². The third-order valence-electron chi connectivity index (χ3n) is 9.36. The number of anilines is 1. The number of rotatable bonds is 6. The van der Waals surface area contributed by atoms with Gasteiger partial charge in [-0.15, -0.1) is 0 Å². The molecule has 0 amide bonds. The second-order valence-electron chi connectivity index (χ2n) is 12.3. The molecular formula is C33H30ClF3N4O3.